The molecule has 8 heteroatoms. The van der Waals surface area contributed by atoms with Crippen LogP contribution in [0.15, 0.2) is 23.2 Å². The van der Waals surface area contributed by atoms with Crippen molar-refractivity contribution in [1.29, 1.82) is 0 Å². The predicted molar refractivity (Wildman–Crippen MR) is 117 cm³/mol. The van der Waals surface area contributed by atoms with Gasteiger partial charge in [-0.2, -0.15) is 0 Å². The number of halogens is 3. The van der Waals surface area contributed by atoms with Crippen molar-refractivity contribution in [2.45, 2.75) is 25.8 Å². The first-order valence-electron chi connectivity index (χ1n) is 9.49. The number of para-hydroxylation sites is 1. The van der Waals surface area contributed by atoms with E-state index in [0.29, 0.717) is 19.0 Å². The van der Waals surface area contributed by atoms with Gasteiger partial charge in [-0.3, -0.25) is 4.99 Å². The molecule has 2 atom stereocenters. The SMILES string of the molecule is CCNC(=NCC1CCN(C)C1)NC1CCN(c2c(F)cccc2F)C1.I. The van der Waals surface area contributed by atoms with Gasteiger partial charge in [0.25, 0.3) is 0 Å². The zero-order chi connectivity index (χ0) is 18.5. The first kappa shape index (κ1) is 22.1. The number of rotatable bonds is 5. The molecule has 2 N–H and O–H groups in total. The van der Waals surface area contributed by atoms with Crippen LogP contribution in [0, 0.1) is 17.6 Å². The molecule has 152 valence electrons. The molecule has 1 aromatic rings. The van der Waals surface area contributed by atoms with Gasteiger partial charge in [0.15, 0.2) is 5.96 Å². The van der Waals surface area contributed by atoms with Gasteiger partial charge in [-0.05, 0) is 51.4 Å². The van der Waals surface area contributed by atoms with Gasteiger partial charge in [0.05, 0.1) is 0 Å². The first-order valence-corrected chi connectivity index (χ1v) is 9.49. The Bertz CT molecular complexity index is 622. The van der Waals surface area contributed by atoms with Gasteiger partial charge in [-0.1, -0.05) is 6.07 Å². The van der Waals surface area contributed by atoms with Crippen LogP contribution in [0.4, 0.5) is 14.5 Å². The zero-order valence-corrected chi connectivity index (χ0v) is 18.4. The molecule has 3 rings (SSSR count). The van der Waals surface area contributed by atoms with Gasteiger partial charge in [-0.25, -0.2) is 8.78 Å². The predicted octanol–water partition coefficient (Wildman–Crippen LogP) is 2.67. The lowest BCUT2D eigenvalue weighted by molar-refractivity contribution is 0.397. The normalized spacial score (nSPS) is 23.4. The van der Waals surface area contributed by atoms with Gasteiger partial charge in [0.1, 0.15) is 17.3 Å². The summed E-state index contributed by atoms with van der Waals surface area (Å²) in [4.78, 5) is 8.83. The highest BCUT2D eigenvalue weighted by Crippen LogP contribution is 2.26. The number of hydrogen-bond acceptors (Lipinski definition) is 3. The summed E-state index contributed by atoms with van der Waals surface area (Å²) in [5, 5.41) is 6.71. The van der Waals surface area contributed by atoms with E-state index in [0.717, 1.165) is 38.6 Å². The summed E-state index contributed by atoms with van der Waals surface area (Å²) in [6, 6.07) is 4.14. The summed E-state index contributed by atoms with van der Waals surface area (Å²) in [5.41, 5.74) is 0.0766. The Balaban J connectivity index is 0.00000261. The van der Waals surface area contributed by atoms with Crippen LogP contribution in [0.25, 0.3) is 0 Å². The first-order chi connectivity index (χ1) is 12.6. The Hall–Kier alpha value is -1.16. The van der Waals surface area contributed by atoms with Crippen molar-refractivity contribution < 1.29 is 8.78 Å². The minimum atomic E-state index is -0.503. The Morgan fingerprint density at radius 2 is 1.93 bits per heavy atom. The van der Waals surface area contributed by atoms with Gasteiger partial charge >= 0.3 is 0 Å². The molecule has 2 aliphatic heterocycles. The minimum absolute atomic E-state index is 0. The van der Waals surface area contributed by atoms with Gasteiger partial charge in [-0.15, -0.1) is 24.0 Å². The van der Waals surface area contributed by atoms with Crippen LogP contribution in [-0.4, -0.2) is 63.2 Å². The van der Waals surface area contributed by atoms with E-state index < -0.39 is 11.6 Å². The molecule has 27 heavy (non-hydrogen) atoms. The Labute approximate surface area is 177 Å². The molecule has 0 spiro atoms. The molecule has 2 fully saturated rings. The molecule has 2 heterocycles. The van der Waals surface area contributed by atoms with Crippen molar-refractivity contribution >= 4 is 35.6 Å². The summed E-state index contributed by atoms with van der Waals surface area (Å²) in [6.45, 7) is 7.04. The maximum Gasteiger partial charge on any atom is 0.191 e. The number of benzene rings is 1. The molecule has 0 aliphatic carbocycles. The highest BCUT2D eigenvalue weighted by atomic mass is 127. The van der Waals surface area contributed by atoms with Crippen LogP contribution in [0.1, 0.15) is 19.8 Å². The van der Waals surface area contributed by atoms with Crippen LogP contribution in [0.3, 0.4) is 0 Å². The fourth-order valence-corrected chi connectivity index (χ4v) is 3.78. The van der Waals surface area contributed by atoms with E-state index >= 15 is 0 Å². The molecule has 0 saturated carbocycles. The maximum atomic E-state index is 14.0. The largest absolute Gasteiger partial charge is 0.365 e. The number of nitrogens with zero attached hydrogens (tertiary/aromatic N) is 3. The average Bonchev–Trinajstić information content (AvgIpc) is 3.22. The molecule has 2 aliphatic rings. The zero-order valence-electron chi connectivity index (χ0n) is 16.0. The van der Waals surface area contributed by atoms with Gasteiger partial charge in [0, 0.05) is 38.8 Å². The monoisotopic (exact) mass is 493 g/mol. The van der Waals surface area contributed by atoms with Crippen molar-refractivity contribution in [3.05, 3.63) is 29.8 Å². The Morgan fingerprint density at radius 3 is 2.56 bits per heavy atom. The van der Waals surface area contributed by atoms with Gasteiger partial charge in [0.2, 0.25) is 0 Å². The Morgan fingerprint density at radius 1 is 1.19 bits per heavy atom. The maximum absolute atomic E-state index is 14.0. The molecule has 0 aromatic heterocycles. The van der Waals surface area contributed by atoms with E-state index in [2.05, 4.69) is 22.6 Å². The fraction of sp³-hybridized carbons (Fsp3) is 0.632. The summed E-state index contributed by atoms with van der Waals surface area (Å²) in [7, 11) is 2.14. The second-order valence-electron chi connectivity index (χ2n) is 7.28. The number of aliphatic imine (C=N–C) groups is 1. The number of nitrogens with one attached hydrogen (secondary N) is 2. The third-order valence-electron chi connectivity index (χ3n) is 5.12. The van der Waals surface area contributed by atoms with Crippen molar-refractivity contribution in [2.75, 3.05) is 51.2 Å². The van der Waals surface area contributed by atoms with Crippen LogP contribution in [0.5, 0.6) is 0 Å². The molecular weight excluding hydrogens is 463 g/mol. The van der Waals surface area contributed by atoms with Crippen LogP contribution in [0.2, 0.25) is 0 Å². The average molecular weight is 493 g/mol. The minimum Gasteiger partial charge on any atom is -0.365 e. The van der Waals surface area contributed by atoms with Crippen molar-refractivity contribution in [3.63, 3.8) is 0 Å². The summed E-state index contributed by atoms with van der Waals surface area (Å²) in [6.07, 6.45) is 2.01. The molecule has 2 saturated heterocycles. The second-order valence-corrected chi connectivity index (χ2v) is 7.28. The topological polar surface area (TPSA) is 42.9 Å². The number of hydrogen-bond donors (Lipinski definition) is 2. The smallest absolute Gasteiger partial charge is 0.191 e. The number of likely N-dealkylation sites (tertiary alicyclic amines) is 1. The fourth-order valence-electron chi connectivity index (χ4n) is 3.78. The van der Waals surface area contributed by atoms with E-state index in [1.165, 1.54) is 24.6 Å². The van der Waals surface area contributed by atoms with Crippen LogP contribution in [-0.2, 0) is 0 Å². The molecule has 5 nitrogen and oxygen atoms in total. The Kier molecular flexibility index (Phi) is 8.53. The summed E-state index contributed by atoms with van der Waals surface area (Å²) >= 11 is 0. The van der Waals surface area contributed by atoms with E-state index in [-0.39, 0.29) is 35.7 Å². The second kappa shape index (κ2) is 10.4. The van der Waals surface area contributed by atoms with Crippen LogP contribution < -0.4 is 15.5 Å². The third kappa shape index (κ3) is 5.91. The summed E-state index contributed by atoms with van der Waals surface area (Å²) < 4.78 is 28.0. The van der Waals surface area contributed by atoms with Gasteiger partial charge < -0.3 is 20.4 Å². The van der Waals surface area contributed by atoms with Crippen LogP contribution >= 0.6 is 24.0 Å². The standard InChI is InChI=1S/C19H29F2N5.HI/c1-3-22-19(23-11-14-7-9-25(2)12-14)24-15-8-10-26(13-15)18-16(20)5-4-6-17(18)21;/h4-6,14-15H,3,7-13H2,1-2H3,(H2,22,23,24);1H. The van der Waals surface area contributed by atoms with Crippen molar-refractivity contribution in [3.8, 4) is 0 Å². The lowest BCUT2D eigenvalue weighted by Gasteiger charge is -2.21. The lowest BCUT2D eigenvalue weighted by atomic mass is 10.1. The number of anilines is 1. The highest BCUT2D eigenvalue weighted by molar-refractivity contribution is 14.0. The van der Waals surface area contributed by atoms with Crippen molar-refractivity contribution in [2.24, 2.45) is 10.9 Å². The van der Waals surface area contributed by atoms with E-state index in [1.54, 1.807) is 4.90 Å². The molecule has 1 aromatic carbocycles. The quantitative estimate of drug-likeness (QED) is 0.376. The summed E-state index contributed by atoms with van der Waals surface area (Å²) in [5.74, 6) is 0.388. The van der Waals surface area contributed by atoms with E-state index in [4.69, 9.17) is 4.99 Å². The molecule has 0 amide bonds. The number of guanidine groups is 1. The third-order valence-corrected chi connectivity index (χ3v) is 5.12. The van der Waals surface area contributed by atoms with E-state index in [1.807, 2.05) is 6.92 Å². The molecule has 0 bridgehead atoms. The molecule has 0 radical (unpaired) electrons. The van der Waals surface area contributed by atoms with Crippen molar-refractivity contribution in [1.82, 2.24) is 15.5 Å². The molecule has 2 unspecified atom stereocenters. The van der Waals surface area contributed by atoms with E-state index in [9.17, 15) is 8.78 Å². The lowest BCUT2D eigenvalue weighted by Crippen LogP contribution is -2.45. The highest BCUT2D eigenvalue weighted by Gasteiger charge is 2.27. The molecular formula is C19H30F2IN5.